The third-order valence-corrected chi connectivity index (χ3v) is 1.77. The summed E-state index contributed by atoms with van der Waals surface area (Å²) in [5, 5.41) is 1.85. The van der Waals surface area contributed by atoms with Gasteiger partial charge in [0.15, 0.2) is 6.73 Å². The molecule has 0 radical (unpaired) electrons. The van der Waals surface area contributed by atoms with Crippen LogP contribution in [0.4, 0.5) is 0 Å². The van der Waals surface area contributed by atoms with Crippen LogP contribution in [0.3, 0.4) is 0 Å². The highest BCUT2D eigenvalue weighted by Gasteiger charge is 1.99. The summed E-state index contributed by atoms with van der Waals surface area (Å²) in [6.45, 7) is 0.403. The van der Waals surface area contributed by atoms with Crippen molar-refractivity contribution in [2.24, 2.45) is 4.99 Å². The van der Waals surface area contributed by atoms with Gasteiger partial charge < -0.3 is 9.47 Å². The molecule has 2 rings (SSSR count). The van der Waals surface area contributed by atoms with E-state index < -0.39 is 0 Å². The molecule has 0 saturated heterocycles. The Morgan fingerprint density at radius 2 is 2.42 bits per heavy atom. The average Bonchev–Trinajstić information content (AvgIpc) is 2.17. The van der Waals surface area contributed by atoms with E-state index in [0.29, 0.717) is 6.73 Å². The number of rotatable bonds is 1. The van der Waals surface area contributed by atoms with Gasteiger partial charge in [0.1, 0.15) is 5.75 Å². The van der Waals surface area contributed by atoms with Crippen LogP contribution in [0.15, 0.2) is 23.2 Å². The Labute approximate surface area is 70.0 Å². The van der Waals surface area contributed by atoms with E-state index >= 15 is 0 Å². The first-order chi connectivity index (χ1) is 5.92. The first-order valence-electron chi connectivity index (χ1n) is 3.71. The van der Waals surface area contributed by atoms with Crippen LogP contribution in [0.5, 0.6) is 5.75 Å². The van der Waals surface area contributed by atoms with E-state index in [1.807, 2.05) is 18.2 Å². The Hall–Kier alpha value is -1.51. The lowest BCUT2D eigenvalue weighted by Crippen LogP contribution is -2.29. The van der Waals surface area contributed by atoms with Crippen molar-refractivity contribution < 1.29 is 9.47 Å². The Morgan fingerprint density at radius 1 is 1.50 bits per heavy atom. The van der Waals surface area contributed by atoms with E-state index in [1.54, 1.807) is 13.4 Å². The Balaban J connectivity index is 2.77. The zero-order valence-corrected chi connectivity index (χ0v) is 6.78. The highest BCUT2D eigenvalue weighted by Crippen LogP contribution is 1.98. The molecule has 1 aliphatic rings. The molecule has 1 aliphatic heterocycles. The molecule has 3 nitrogen and oxygen atoms in total. The maximum atomic E-state index is 5.14. The van der Waals surface area contributed by atoms with Gasteiger partial charge in [-0.15, -0.1) is 0 Å². The molecule has 0 fully saturated rings. The van der Waals surface area contributed by atoms with Crippen LogP contribution < -0.4 is 15.3 Å². The van der Waals surface area contributed by atoms with Crippen LogP contribution in [-0.4, -0.2) is 13.8 Å². The van der Waals surface area contributed by atoms with Crippen LogP contribution in [0.25, 0.3) is 6.26 Å². The smallest absolute Gasteiger partial charge is 0.178 e. The van der Waals surface area contributed by atoms with Gasteiger partial charge in [0.25, 0.3) is 0 Å². The summed E-state index contributed by atoms with van der Waals surface area (Å²) >= 11 is 0. The second-order valence-electron chi connectivity index (χ2n) is 2.46. The van der Waals surface area contributed by atoms with E-state index in [-0.39, 0.29) is 0 Å². The van der Waals surface area contributed by atoms with Crippen LogP contribution in [-0.2, 0) is 4.74 Å². The van der Waals surface area contributed by atoms with Gasteiger partial charge in [0, 0.05) is 0 Å². The summed E-state index contributed by atoms with van der Waals surface area (Å²) in [7, 11) is 1.64. The quantitative estimate of drug-likeness (QED) is 0.585. The zero-order valence-electron chi connectivity index (χ0n) is 6.78. The summed E-state index contributed by atoms with van der Waals surface area (Å²) in [6, 6.07) is 5.75. The van der Waals surface area contributed by atoms with Crippen molar-refractivity contribution >= 4 is 6.26 Å². The summed E-state index contributed by atoms with van der Waals surface area (Å²) < 4.78 is 10.2. The Morgan fingerprint density at radius 3 is 3.25 bits per heavy atom. The maximum absolute atomic E-state index is 5.14. The molecule has 0 atom stereocenters. The van der Waals surface area contributed by atoms with Gasteiger partial charge in [0.2, 0.25) is 0 Å². The molecule has 1 aromatic rings. The third-order valence-electron chi connectivity index (χ3n) is 1.77. The fraction of sp³-hybridized carbons (Fsp3) is 0.222. The molecule has 1 heterocycles. The summed E-state index contributed by atoms with van der Waals surface area (Å²) in [6.07, 6.45) is 1.68. The fourth-order valence-corrected chi connectivity index (χ4v) is 1.19. The first kappa shape index (κ1) is 7.16. The lowest BCUT2D eigenvalue weighted by molar-refractivity contribution is 0.293. The average molecular weight is 163 g/mol. The van der Waals surface area contributed by atoms with E-state index in [1.165, 1.54) is 0 Å². The normalized spacial score (nSPS) is 13.4. The second-order valence-corrected chi connectivity index (χ2v) is 2.46. The van der Waals surface area contributed by atoms with E-state index in [4.69, 9.17) is 9.47 Å². The molecule has 3 heteroatoms. The van der Waals surface area contributed by atoms with Crippen molar-refractivity contribution in [1.82, 2.24) is 0 Å². The van der Waals surface area contributed by atoms with Crippen molar-refractivity contribution in [3.63, 3.8) is 0 Å². The highest BCUT2D eigenvalue weighted by atomic mass is 16.5. The molecule has 0 N–H and O–H groups in total. The molecule has 12 heavy (non-hydrogen) atoms. The molecule has 0 bridgehead atoms. The number of nitrogens with zero attached hydrogens (tertiary/aromatic N) is 1. The molecule has 0 aromatic heterocycles. The lowest BCUT2D eigenvalue weighted by Gasteiger charge is -2.05. The number of hydrogen-bond acceptors (Lipinski definition) is 3. The summed E-state index contributed by atoms with van der Waals surface area (Å²) in [5.41, 5.74) is 0. The Kier molecular flexibility index (Phi) is 1.70. The molecule has 1 aromatic carbocycles. The molecule has 0 unspecified atom stereocenters. The Bertz CT molecular complexity index is 397. The van der Waals surface area contributed by atoms with Crippen molar-refractivity contribution in [3.05, 3.63) is 28.8 Å². The van der Waals surface area contributed by atoms with Gasteiger partial charge >= 0.3 is 0 Å². The van der Waals surface area contributed by atoms with Crippen molar-refractivity contribution in [3.8, 4) is 5.75 Å². The topological polar surface area (TPSA) is 30.8 Å². The number of methoxy groups -OCH3 is 1. The van der Waals surface area contributed by atoms with Crippen LogP contribution >= 0.6 is 0 Å². The maximum Gasteiger partial charge on any atom is 0.178 e. The highest BCUT2D eigenvalue weighted by molar-refractivity contribution is 5.31. The van der Waals surface area contributed by atoms with Crippen molar-refractivity contribution in [1.29, 1.82) is 0 Å². The summed E-state index contributed by atoms with van der Waals surface area (Å²) in [5.74, 6) is 0.802. The molecule has 62 valence electrons. The van der Waals surface area contributed by atoms with Crippen molar-refractivity contribution in [2.75, 3.05) is 13.8 Å². The van der Waals surface area contributed by atoms with Crippen molar-refractivity contribution in [2.45, 2.75) is 0 Å². The van der Waals surface area contributed by atoms with Crippen LogP contribution in [0, 0.1) is 0 Å². The van der Waals surface area contributed by atoms with Gasteiger partial charge in [0.05, 0.1) is 23.9 Å². The standard InChI is InChI=1S/C9H9NO2/c1-11-9-4-2-3-8-7(9)5-12-6-10-8/h2-5H,6H2,1H3. The predicted octanol–water partition coefficient (Wildman–Crippen LogP) is 0.0405. The molecular formula is C9H9NO2. The van der Waals surface area contributed by atoms with Gasteiger partial charge in [-0.05, 0) is 12.1 Å². The van der Waals surface area contributed by atoms with Gasteiger partial charge in [-0.25, -0.2) is 4.99 Å². The third kappa shape index (κ3) is 1.03. The minimum atomic E-state index is 0.403. The number of hydrogen-bond donors (Lipinski definition) is 0. The number of benzene rings is 1. The lowest BCUT2D eigenvalue weighted by atomic mass is 10.2. The largest absolute Gasteiger partial charge is 0.496 e. The molecule has 0 saturated carbocycles. The second kappa shape index (κ2) is 2.85. The van der Waals surface area contributed by atoms with Gasteiger partial charge in [-0.3, -0.25) is 0 Å². The molecule has 0 spiro atoms. The summed E-state index contributed by atoms with van der Waals surface area (Å²) in [4.78, 5) is 4.17. The van der Waals surface area contributed by atoms with E-state index in [0.717, 1.165) is 16.3 Å². The SMILES string of the molecule is COc1cccc2c1=COCN=2. The monoisotopic (exact) mass is 163 g/mol. The first-order valence-corrected chi connectivity index (χ1v) is 3.71. The molecule has 0 aliphatic carbocycles. The van der Waals surface area contributed by atoms with Crippen LogP contribution in [0.2, 0.25) is 0 Å². The van der Waals surface area contributed by atoms with Gasteiger partial charge in [-0.1, -0.05) is 6.07 Å². The number of ether oxygens (including phenoxy) is 2. The van der Waals surface area contributed by atoms with E-state index in [9.17, 15) is 0 Å². The molecule has 0 amide bonds. The minimum Gasteiger partial charge on any atom is -0.496 e. The predicted molar refractivity (Wildman–Crippen MR) is 44.2 cm³/mol. The molecular weight excluding hydrogens is 154 g/mol. The number of fused-ring (bicyclic) bond motifs is 1. The van der Waals surface area contributed by atoms with Gasteiger partial charge in [-0.2, -0.15) is 0 Å². The zero-order chi connectivity index (χ0) is 8.39. The van der Waals surface area contributed by atoms with Crippen LogP contribution in [0.1, 0.15) is 0 Å². The van der Waals surface area contributed by atoms with E-state index in [2.05, 4.69) is 4.99 Å². The minimum absolute atomic E-state index is 0.403. The fourth-order valence-electron chi connectivity index (χ4n) is 1.19.